The number of likely N-dealkylation sites (N-methyl/N-ethyl adjacent to an activating group) is 1. The number of piperazine rings is 1. The van der Waals surface area contributed by atoms with E-state index < -0.39 is 24.3 Å². The molecule has 212 valence electrons. The molecule has 2 N–H and O–H groups in total. The third-order valence-corrected chi connectivity index (χ3v) is 6.02. The van der Waals surface area contributed by atoms with Crippen molar-refractivity contribution in [2.24, 2.45) is 7.05 Å². The highest BCUT2D eigenvalue weighted by Gasteiger charge is 2.49. The first-order chi connectivity index (χ1) is 16.8. The molecule has 1 spiro atoms. The van der Waals surface area contributed by atoms with Gasteiger partial charge in [0.25, 0.3) is 0 Å². The van der Waals surface area contributed by atoms with Crippen LogP contribution in [0.3, 0.4) is 0 Å². The van der Waals surface area contributed by atoms with Crippen LogP contribution in [-0.2, 0) is 28.0 Å². The highest BCUT2D eigenvalue weighted by atomic mass is 19.4. The monoisotopic (exact) mass is 547 g/mol. The Morgan fingerprint density at radius 3 is 1.78 bits per heavy atom. The second-order valence-electron chi connectivity index (χ2n) is 8.95. The summed E-state index contributed by atoms with van der Waals surface area (Å²) in [6, 6.07) is 0.293. The molecule has 1 amide bonds. The summed E-state index contributed by atoms with van der Waals surface area (Å²) in [5.74, 6) is -5.18. The van der Waals surface area contributed by atoms with Gasteiger partial charge in [0.1, 0.15) is 5.54 Å². The van der Waals surface area contributed by atoms with E-state index in [0.29, 0.717) is 11.9 Å². The zero-order valence-electron chi connectivity index (χ0n) is 20.8. The number of hydrogen-bond donors (Lipinski definition) is 2. The van der Waals surface area contributed by atoms with Gasteiger partial charge in [-0.1, -0.05) is 0 Å². The summed E-state index contributed by atoms with van der Waals surface area (Å²) < 4.78 is 65.3. The van der Waals surface area contributed by atoms with Crippen LogP contribution in [0.2, 0.25) is 0 Å². The van der Waals surface area contributed by atoms with Gasteiger partial charge in [-0.05, 0) is 33.7 Å². The SMILES string of the molecule is CC(C)N1CCN(C)C2(CCN(Cc3cnn(C)c3)CC2)C1=O.O=C(O)C(F)(F)F.O=C(O)C(F)(F)F. The Bertz CT molecular complexity index is 902. The van der Waals surface area contributed by atoms with Crippen molar-refractivity contribution in [3.05, 3.63) is 18.0 Å². The number of alkyl halides is 6. The van der Waals surface area contributed by atoms with Crippen molar-refractivity contribution in [2.45, 2.75) is 57.2 Å². The van der Waals surface area contributed by atoms with Crippen LogP contribution >= 0.6 is 0 Å². The third-order valence-electron chi connectivity index (χ3n) is 6.02. The average molecular weight is 547 g/mol. The summed E-state index contributed by atoms with van der Waals surface area (Å²) >= 11 is 0. The number of rotatable bonds is 3. The number of carbonyl (C=O) groups is 3. The molecule has 1 aromatic rings. The first-order valence-electron chi connectivity index (χ1n) is 11.1. The Morgan fingerprint density at radius 1 is 0.973 bits per heavy atom. The minimum absolute atomic E-state index is 0.284. The molecule has 0 saturated carbocycles. The first kappa shape index (κ1) is 32.1. The lowest BCUT2D eigenvalue weighted by Gasteiger charge is -2.52. The lowest BCUT2D eigenvalue weighted by atomic mass is 9.82. The lowest BCUT2D eigenvalue weighted by Crippen LogP contribution is -2.68. The average Bonchev–Trinajstić information content (AvgIpc) is 3.17. The molecule has 2 fully saturated rings. The molecular weight excluding hydrogens is 516 g/mol. The van der Waals surface area contributed by atoms with E-state index in [1.165, 1.54) is 5.56 Å². The summed E-state index contributed by atoms with van der Waals surface area (Å²) in [7, 11) is 4.07. The fraction of sp³-hybridized carbons (Fsp3) is 0.714. The number of aliphatic carboxylic acids is 2. The summed E-state index contributed by atoms with van der Waals surface area (Å²) in [4.78, 5) is 37.7. The van der Waals surface area contributed by atoms with Crippen LogP contribution in [0.1, 0.15) is 32.3 Å². The van der Waals surface area contributed by atoms with Crippen LogP contribution in [0.5, 0.6) is 0 Å². The van der Waals surface area contributed by atoms with Gasteiger partial charge in [0, 0.05) is 57.6 Å². The maximum Gasteiger partial charge on any atom is 0.490 e. The highest BCUT2D eigenvalue weighted by molar-refractivity contribution is 5.87. The predicted molar refractivity (Wildman–Crippen MR) is 117 cm³/mol. The van der Waals surface area contributed by atoms with Crippen LogP contribution in [0.25, 0.3) is 0 Å². The number of halogens is 6. The molecule has 0 unspecified atom stereocenters. The molecule has 16 heteroatoms. The van der Waals surface area contributed by atoms with Gasteiger partial charge in [-0.2, -0.15) is 31.4 Å². The molecule has 0 radical (unpaired) electrons. The molecule has 0 aromatic carbocycles. The molecule has 2 aliphatic heterocycles. The topological polar surface area (TPSA) is 119 Å². The van der Waals surface area contributed by atoms with Crippen LogP contribution < -0.4 is 0 Å². The van der Waals surface area contributed by atoms with E-state index in [-0.39, 0.29) is 5.54 Å². The highest BCUT2D eigenvalue weighted by Crippen LogP contribution is 2.34. The van der Waals surface area contributed by atoms with Crippen LogP contribution in [-0.4, -0.2) is 110 Å². The zero-order chi connectivity index (χ0) is 28.8. The van der Waals surface area contributed by atoms with E-state index in [1.54, 1.807) is 0 Å². The molecule has 10 nitrogen and oxygen atoms in total. The Morgan fingerprint density at radius 2 is 1.43 bits per heavy atom. The molecular formula is C21H31F6N5O5. The van der Waals surface area contributed by atoms with Crippen molar-refractivity contribution in [1.82, 2.24) is 24.5 Å². The van der Waals surface area contributed by atoms with Gasteiger partial charge in [0.15, 0.2) is 0 Å². The first-order valence-corrected chi connectivity index (χ1v) is 11.1. The van der Waals surface area contributed by atoms with Crippen molar-refractivity contribution < 1.29 is 50.9 Å². The van der Waals surface area contributed by atoms with E-state index in [0.717, 1.165) is 45.6 Å². The number of piperidine rings is 1. The molecule has 2 aliphatic rings. The van der Waals surface area contributed by atoms with Gasteiger partial charge in [-0.15, -0.1) is 0 Å². The van der Waals surface area contributed by atoms with Crippen LogP contribution in [0.15, 0.2) is 12.4 Å². The van der Waals surface area contributed by atoms with E-state index in [4.69, 9.17) is 19.8 Å². The molecule has 3 heterocycles. The summed E-state index contributed by atoms with van der Waals surface area (Å²) in [6.07, 6.45) is -4.32. The van der Waals surface area contributed by atoms with E-state index >= 15 is 0 Å². The van der Waals surface area contributed by atoms with E-state index in [9.17, 15) is 31.1 Å². The van der Waals surface area contributed by atoms with Gasteiger partial charge in [-0.25, -0.2) is 9.59 Å². The Kier molecular flexibility index (Phi) is 10.9. The van der Waals surface area contributed by atoms with Gasteiger partial charge < -0.3 is 15.1 Å². The largest absolute Gasteiger partial charge is 0.490 e. The lowest BCUT2D eigenvalue weighted by molar-refractivity contribution is -0.193. The minimum atomic E-state index is -5.08. The number of hydrogen-bond acceptors (Lipinski definition) is 6. The van der Waals surface area contributed by atoms with E-state index in [1.807, 2.05) is 17.9 Å². The van der Waals surface area contributed by atoms with Crippen LogP contribution in [0, 0.1) is 0 Å². The second-order valence-corrected chi connectivity index (χ2v) is 8.95. The molecule has 37 heavy (non-hydrogen) atoms. The smallest absolute Gasteiger partial charge is 0.475 e. The molecule has 1 aromatic heterocycles. The van der Waals surface area contributed by atoms with Gasteiger partial charge in [0.2, 0.25) is 5.91 Å². The predicted octanol–water partition coefficient (Wildman–Crippen LogP) is 2.20. The van der Waals surface area contributed by atoms with Crippen molar-refractivity contribution in [2.75, 3.05) is 33.2 Å². The second kappa shape index (κ2) is 12.6. The number of carbonyl (C=O) groups excluding carboxylic acids is 1. The Hall–Kier alpha value is -2.88. The van der Waals surface area contributed by atoms with Crippen molar-refractivity contribution in [1.29, 1.82) is 0 Å². The summed E-state index contributed by atoms with van der Waals surface area (Å²) in [5.41, 5.74) is 0.962. The Labute approximate surface area is 209 Å². The summed E-state index contributed by atoms with van der Waals surface area (Å²) in [5, 5.41) is 18.5. The van der Waals surface area contributed by atoms with E-state index in [2.05, 4.69) is 46.9 Å². The number of aryl methyl sites for hydroxylation is 1. The van der Waals surface area contributed by atoms with Gasteiger partial charge in [-0.3, -0.25) is 19.3 Å². The maximum absolute atomic E-state index is 13.1. The normalized spacial score (nSPS) is 18.7. The number of nitrogens with zero attached hydrogens (tertiary/aromatic N) is 5. The zero-order valence-corrected chi connectivity index (χ0v) is 20.8. The Balaban J connectivity index is 0.000000404. The molecule has 0 bridgehead atoms. The quantitative estimate of drug-likeness (QED) is 0.553. The fourth-order valence-electron chi connectivity index (χ4n) is 3.98. The number of amides is 1. The standard InChI is InChI=1S/C17H29N5O.2C2HF3O2/c1-14(2)22-10-9-19(3)17(16(22)23)5-7-21(8-6-17)13-15-11-18-20(4)12-15;2*3-2(4,5)1(6)7/h11-12,14H,5-10,13H2,1-4H3;2*(H,6,7). The van der Waals surface area contributed by atoms with Gasteiger partial charge in [0.05, 0.1) is 6.20 Å². The van der Waals surface area contributed by atoms with Crippen molar-refractivity contribution >= 4 is 17.8 Å². The number of carboxylic acids is 2. The van der Waals surface area contributed by atoms with Crippen molar-refractivity contribution in [3.63, 3.8) is 0 Å². The maximum atomic E-state index is 13.1. The fourth-order valence-corrected chi connectivity index (χ4v) is 3.98. The molecule has 2 saturated heterocycles. The van der Waals surface area contributed by atoms with Gasteiger partial charge >= 0.3 is 24.3 Å². The minimum Gasteiger partial charge on any atom is -0.475 e. The summed E-state index contributed by atoms with van der Waals surface area (Å²) in [6.45, 7) is 8.94. The number of aromatic nitrogens is 2. The number of carboxylic acid groups (broad SMARTS) is 2. The third kappa shape index (κ3) is 9.18. The number of likely N-dealkylation sites (tertiary alicyclic amines) is 1. The molecule has 3 rings (SSSR count). The molecule has 0 aliphatic carbocycles. The van der Waals surface area contributed by atoms with Crippen LogP contribution in [0.4, 0.5) is 26.3 Å². The molecule has 0 atom stereocenters. The van der Waals surface area contributed by atoms with Crippen molar-refractivity contribution in [3.8, 4) is 0 Å².